The molecule has 1 aromatic heterocycles. The van der Waals surface area contributed by atoms with Gasteiger partial charge in [-0.15, -0.1) is 9.89 Å². The minimum Gasteiger partial charge on any atom is -0.480 e. The highest BCUT2D eigenvalue weighted by molar-refractivity contribution is 5.76. The van der Waals surface area contributed by atoms with Gasteiger partial charge in [-0.1, -0.05) is 54.6 Å². The Labute approximate surface area is 150 Å². The van der Waals surface area contributed by atoms with Gasteiger partial charge in [0.15, 0.2) is 5.82 Å². The molecule has 0 radical (unpaired) electrons. The number of carboxylic acid groups (broad SMARTS) is 1. The molecule has 4 rings (SSSR count). The molecule has 1 atom stereocenters. The third kappa shape index (κ3) is 3.03. The lowest BCUT2D eigenvalue weighted by molar-refractivity contribution is -0.138. The fraction of sp³-hybridized carbons (Fsp3) is 0.263. The normalized spacial score (nSPS) is 16.8. The number of carbonyl (C=O) groups is 1. The predicted molar refractivity (Wildman–Crippen MR) is 96.2 cm³/mol. The summed E-state index contributed by atoms with van der Waals surface area (Å²) < 4.78 is 0. The highest BCUT2D eigenvalue weighted by atomic mass is 16.4. The van der Waals surface area contributed by atoms with Crippen molar-refractivity contribution in [2.45, 2.75) is 25.3 Å². The second-order valence-corrected chi connectivity index (χ2v) is 6.34. The molecule has 1 saturated heterocycles. The van der Waals surface area contributed by atoms with Crippen molar-refractivity contribution in [1.82, 2.24) is 20.3 Å². The molecule has 132 valence electrons. The van der Waals surface area contributed by atoms with E-state index in [1.165, 1.54) is 0 Å². The lowest BCUT2D eigenvalue weighted by Gasteiger charge is -2.23. The summed E-state index contributed by atoms with van der Waals surface area (Å²) in [5.74, 6) is -0.199. The Hall–Kier alpha value is -3.22. The van der Waals surface area contributed by atoms with Gasteiger partial charge in [0.25, 0.3) is 0 Å². The molecule has 0 saturated carbocycles. The van der Waals surface area contributed by atoms with Crippen LogP contribution in [0.4, 0.5) is 0 Å². The molecule has 0 aliphatic carbocycles. The third-order valence-corrected chi connectivity index (χ3v) is 4.72. The molecule has 1 aliphatic heterocycles. The zero-order valence-electron chi connectivity index (χ0n) is 14.2. The van der Waals surface area contributed by atoms with Gasteiger partial charge in [0.1, 0.15) is 6.04 Å². The average molecular weight is 349 g/mol. The minimum atomic E-state index is -0.839. The molecule has 2 heterocycles. The van der Waals surface area contributed by atoms with Gasteiger partial charge < -0.3 is 5.11 Å². The fourth-order valence-corrected chi connectivity index (χ4v) is 3.48. The van der Waals surface area contributed by atoms with Crippen LogP contribution in [-0.4, -0.2) is 44.0 Å². The highest BCUT2D eigenvalue weighted by Crippen LogP contribution is 2.25. The summed E-state index contributed by atoms with van der Waals surface area (Å²) in [6.07, 6.45) is 1.95. The molecule has 1 fully saturated rings. The molecule has 2 aromatic carbocycles. The Bertz CT molecular complexity index is 909. The van der Waals surface area contributed by atoms with Crippen LogP contribution in [0.5, 0.6) is 0 Å². The van der Waals surface area contributed by atoms with Crippen molar-refractivity contribution in [3.8, 4) is 11.1 Å². The second kappa shape index (κ2) is 6.95. The lowest BCUT2D eigenvalue weighted by atomic mass is 9.97. The smallest absolute Gasteiger partial charge is 0.328 e. The lowest BCUT2D eigenvalue weighted by Crippen LogP contribution is -2.45. The van der Waals surface area contributed by atoms with E-state index in [0.717, 1.165) is 23.1 Å². The number of aliphatic carboxylic acids is 1. The number of benzene rings is 2. The zero-order valence-corrected chi connectivity index (χ0v) is 14.2. The SMILES string of the molecule is O=C(O)[C@@H]1CCCN1n1nnnc1Cc1ccccc1-c1ccccc1. The van der Waals surface area contributed by atoms with Crippen molar-refractivity contribution in [3.05, 3.63) is 66.0 Å². The summed E-state index contributed by atoms with van der Waals surface area (Å²) in [6.45, 7) is 0.634. The van der Waals surface area contributed by atoms with Gasteiger partial charge in [-0.05, 0) is 40.0 Å². The number of rotatable bonds is 5. The summed E-state index contributed by atoms with van der Waals surface area (Å²) in [5, 5.41) is 23.2. The molecule has 1 aliphatic rings. The second-order valence-electron chi connectivity index (χ2n) is 6.34. The maximum Gasteiger partial charge on any atom is 0.328 e. The van der Waals surface area contributed by atoms with E-state index < -0.39 is 12.0 Å². The van der Waals surface area contributed by atoms with Crippen molar-refractivity contribution in [2.75, 3.05) is 11.6 Å². The van der Waals surface area contributed by atoms with Crippen LogP contribution < -0.4 is 5.01 Å². The Kier molecular flexibility index (Phi) is 4.35. The maximum atomic E-state index is 11.5. The van der Waals surface area contributed by atoms with E-state index in [1.807, 2.05) is 30.3 Å². The van der Waals surface area contributed by atoms with Gasteiger partial charge in [0, 0.05) is 13.0 Å². The average Bonchev–Trinajstić information content (AvgIpc) is 3.32. The largest absolute Gasteiger partial charge is 0.480 e. The molecule has 26 heavy (non-hydrogen) atoms. The van der Waals surface area contributed by atoms with Gasteiger partial charge in [-0.25, -0.2) is 4.79 Å². The topological polar surface area (TPSA) is 84.1 Å². The summed E-state index contributed by atoms with van der Waals surface area (Å²) in [6, 6.07) is 17.7. The van der Waals surface area contributed by atoms with Crippen LogP contribution in [0.3, 0.4) is 0 Å². The highest BCUT2D eigenvalue weighted by Gasteiger charge is 2.33. The molecule has 7 heteroatoms. The molecule has 3 aromatic rings. The monoisotopic (exact) mass is 349 g/mol. The van der Waals surface area contributed by atoms with Gasteiger partial charge in [-0.2, -0.15) is 0 Å². The third-order valence-electron chi connectivity index (χ3n) is 4.72. The van der Waals surface area contributed by atoms with E-state index in [2.05, 4.69) is 39.8 Å². The maximum absolute atomic E-state index is 11.5. The first-order valence-electron chi connectivity index (χ1n) is 8.64. The number of aromatic nitrogens is 4. The molecule has 0 amide bonds. The Morgan fingerprint density at radius 1 is 1.12 bits per heavy atom. The van der Waals surface area contributed by atoms with Crippen molar-refractivity contribution >= 4 is 5.97 Å². The van der Waals surface area contributed by atoms with Crippen LogP contribution in [0.1, 0.15) is 24.2 Å². The van der Waals surface area contributed by atoms with E-state index in [9.17, 15) is 9.90 Å². The number of carboxylic acids is 1. The molecular weight excluding hydrogens is 330 g/mol. The van der Waals surface area contributed by atoms with Gasteiger partial charge in [-0.3, -0.25) is 5.01 Å². The summed E-state index contributed by atoms with van der Waals surface area (Å²) in [5.41, 5.74) is 3.35. The van der Waals surface area contributed by atoms with Crippen molar-refractivity contribution in [1.29, 1.82) is 0 Å². The number of hydrogen-bond acceptors (Lipinski definition) is 5. The summed E-state index contributed by atoms with van der Waals surface area (Å²) in [4.78, 5) is 13.1. The Morgan fingerprint density at radius 3 is 2.69 bits per heavy atom. The molecule has 7 nitrogen and oxygen atoms in total. The van der Waals surface area contributed by atoms with Crippen LogP contribution in [0, 0.1) is 0 Å². The molecule has 0 spiro atoms. The fourth-order valence-electron chi connectivity index (χ4n) is 3.48. The Balaban J connectivity index is 1.66. The quantitative estimate of drug-likeness (QED) is 0.759. The number of hydrogen-bond donors (Lipinski definition) is 1. The van der Waals surface area contributed by atoms with E-state index >= 15 is 0 Å². The van der Waals surface area contributed by atoms with E-state index in [1.54, 1.807) is 9.80 Å². The molecule has 0 bridgehead atoms. The molecule has 0 unspecified atom stereocenters. The van der Waals surface area contributed by atoms with E-state index in [4.69, 9.17) is 0 Å². The Morgan fingerprint density at radius 2 is 1.88 bits per heavy atom. The van der Waals surface area contributed by atoms with Crippen molar-refractivity contribution < 1.29 is 9.90 Å². The van der Waals surface area contributed by atoms with Crippen LogP contribution in [-0.2, 0) is 11.2 Å². The number of tetrazole rings is 1. The van der Waals surface area contributed by atoms with Crippen LogP contribution in [0.15, 0.2) is 54.6 Å². The standard InChI is InChI=1S/C19H19N5O2/c25-19(26)17-11-6-12-23(17)24-18(20-21-22-24)13-15-9-4-5-10-16(15)14-7-2-1-3-8-14/h1-5,7-10,17H,6,11-13H2,(H,25,26)/t17-/m0/s1. The first-order chi connectivity index (χ1) is 12.7. The molecular formula is C19H19N5O2. The van der Waals surface area contributed by atoms with Crippen molar-refractivity contribution in [2.24, 2.45) is 0 Å². The summed E-state index contributed by atoms with van der Waals surface area (Å²) >= 11 is 0. The first kappa shape index (κ1) is 16.3. The van der Waals surface area contributed by atoms with Gasteiger partial charge in [0.2, 0.25) is 0 Å². The van der Waals surface area contributed by atoms with E-state index in [-0.39, 0.29) is 0 Å². The van der Waals surface area contributed by atoms with Crippen LogP contribution >= 0.6 is 0 Å². The predicted octanol–water partition coefficient (Wildman–Crippen LogP) is 2.12. The van der Waals surface area contributed by atoms with Gasteiger partial charge >= 0.3 is 5.97 Å². The first-order valence-corrected chi connectivity index (χ1v) is 8.64. The minimum absolute atomic E-state index is 0.529. The number of nitrogens with zero attached hydrogens (tertiary/aromatic N) is 5. The molecule has 1 N–H and O–H groups in total. The summed E-state index contributed by atoms with van der Waals surface area (Å²) in [7, 11) is 0. The van der Waals surface area contributed by atoms with Crippen LogP contribution in [0.25, 0.3) is 11.1 Å². The van der Waals surface area contributed by atoms with Crippen LogP contribution in [0.2, 0.25) is 0 Å². The zero-order chi connectivity index (χ0) is 17.9. The van der Waals surface area contributed by atoms with Crippen molar-refractivity contribution in [3.63, 3.8) is 0 Å². The van der Waals surface area contributed by atoms with Gasteiger partial charge in [0.05, 0.1) is 0 Å². The van der Waals surface area contributed by atoms with E-state index in [0.29, 0.717) is 25.2 Å².